The average Bonchev–Trinajstić information content (AvgIpc) is 2.22. The lowest BCUT2D eigenvalue weighted by atomic mass is 9.96. The van der Waals surface area contributed by atoms with Crippen molar-refractivity contribution in [2.45, 2.75) is 13.8 Å². The number of amides is 1. The van der Waals surface area contributed by atoms with Crippen LogP contribution in [0.2, 0.25) is 5.02 Å². The van der Waals surface area contributed by atoms with Crippen molar-refractivity contribution < 1.29 is 4.79 Å². The average molecular weight is 237 g/mol. The molecule has 0 saturated heterocycles. The van der Waals surface area contributed by atoms with E-state index >= 15 is 0 Å². The Labute approximate surface area is 100 Å². The Bertz CT molecular complexity index is 406. The lowest BCUT2D eigenvalue weighted by Crippen LogP contribution is -2.25. The third kappa shape index (κ3) is 3.25. The predicted octanol–water partition coefficient (Wildman–Crippen LogP) is 3.07. The van der Waals surface area contributed by atoms with E-state index in [9.17, 15) is 4.79 Å². The summed E-state index contributed by atoms with van der Waals surface area (Å²) in [5, 5.41) is 12.1. The van der Waals surface area contributed by atoms with Crippen LogP contribution in [0, 0.1) is 23.2 Å². The van der Waals surface area contributed by atoms with E-state index in [0.29, 0.717) is 10.7 Å². The molecule has 0 aliphatic heterocycles. The molecule has 0 aromatic heterocycles. The summed E-state index contributed by atoms with van der Waals surface area (Å²) in [6.45, 7) is 3.69. The van der Waals surface area contributed by atoms with E-state index in [4.69, 9.17) is 16.9 Å². The van der Waals surface area contributed by atoms with Crippen LogP contribution in [0.4, 0.5) is 5.69 Å². The lowest BCUT2D eigenvalue weighted by Gasteiger charge is -2.12. The van der Waals surface area contributed by atoms with Crippen LogP contribution in [0.1, 0.15) is 13.8 Å². The number of hydrogen-bond acceptors (Lipinski definition) is 2. The van der Waals surface area contributed by atoms with Crippen LogP contribution in [0.5, 0.6) is 0 Å². The highest BCUT2D eigenvalue weighted by Crippen LogP contribution is 2.16. The summed E-state index contributed by atoms with van der Waals surface area (Å²) >= 11 is 5.72. The van der Waals surface area contributed by atoms with E-state index in [1.165, 1.54) is 0 Å². The van der Waals surface area contributed by atoms with Gasteiger partial charge < -0.3 is 5.32 Å². The van der Waals surface area contributed by atoms with Gasteiger partial charge in [-0.2, -0.15) is 5.26 Å². The minimum absolute atomic E-state index is 0.00250. The summed E-state index contributed by atoms with van der Waals surface area (Å²) in [5.41, 5.74) is 0.648. The summed E-state index contributed by atoms with van der Waals surface area (Å²) < 4.78 is 0. The first-order valence-corrected chi connectivity index (χ1v) is 5.38. The Balaban J connectivity index is 2.71. The molecule has 1 aromatic rings. The van der Waals surface area contributed by atoms with Gasteiger partial charge in [-0.25, -0.2) is 0 Å². The summed E-state index contributed by atoms with van der Waals surface area (Å²) in [7, 11) is 0. The number of hydrogen-bond donors (Lipinski definition) is 1. The van der Waals surface area contributed by atoms with Gasteiger partial charge in [-0.05, 0) is 30.2 Å². The molecule has 0 aliphatic rings. The van der Waals surface area contributed by atoms with Gasteiger partial charge in [0.05, 0.1) is 6.07 Å². The van der Waals surface area contributed by atoms with Crippen LogP contribution in [0.15, 0.2) is 24.3 Å². The fourth-order valence-electron chi connectivity index (χ4n) is 1.26. The van der Waals surface area contributed by atoms with Crippen LogP contribution in [0.25, 0.3) is 0 Å². The Morgan fingerprint density at radius 2 is 1.94 bits per heavy atom. The molecule has 0 aliphatic carbocycles. The number of nitrogens with zero attached hydrogens (tertiary/aromatic N) is 1. The van der Waals surface area contributed by atoms with E-state index in [-0.39, 0.29) is 11.8 Å². The third-order valence-electron chi connectivity index (χ3n) is 2.20. The Hall–Kier alpha value is -1.53. The molecule has 1 N–H and O–H groups in total. The molecule has 0 saturated carbocycles. The SMILES string of the molecule is CC(C)C(C#N)C(=O)Nc1ccc(Cl)cc1. The lowest BCUT2D eigenvalue weighted by molar-refractivity contribution is -0.119. The predicted molar refractivity (Wildman–Crippen MR) is 64.0 cm³/mol. The van der Waals surface area contributed by atoms with Gasteiger partial charge in [0.1, 0.15) is 5.92 Å². The van der Waals surface area contributed by atoms with Crippen molar-refractivity contribution in [1.29, 1.82) is 5.26 Å². The largest absolute Gasteiger partial charge is 0.325 e. The molecular formula is C12H13ClN2O. The van der Waals surface area contributed by atoms with Crippen molar-refractivity contribution in [2.75, 3.05) is 5.32 Å². The second-order valence-corrected chi connectivity index (χ2v) is 4.28. The highest BCUT2D eigenvalue weighted by atomic mass is 35.5. The minimum atomic E-state index is -0.629. The Morgan fingerprint density at radius 3 is 2.38 bits per heavy atom. The second-order valence-electron chi connectivity index (χ2n) is 3.85. The Kier molecular flexibility index (Phi) is 4.33. The molecule has 1 atom stereocenters. The van der Waals surface area contributed by atoms with Gasteiger partial charge in [-0.3, -0.25) is 4.79 Å². The molecule has 0 radical (unpaired) electrons. The van der Waals surface area contributed by atoms with E-state index in [1.807, 2.05) is 19.9 Å². The molecule has 0 fully saturated rings. The van der Waals surface area contributed by atoms with Gasteiger partial charge in [-0.15, -0.1) is 0 Å². The van der Waals surface area contributed by atoms with Gasteiger partial charge in [0.15, 0.2) is 0 Å². The van der Waals surface area contributed by atoms with Crippen LogP contribution in [-0.4, -0.2) is 5.91 Å². The number of rotatable bonds is 3. The molecule has 16 heavy (non-hydrogen) atoms. The zero-order valence-electron chi connectivity index (χ0n) is 9.20. The van der Waals surface area contributed by atoms with Crippen molar-refractivity contribution in [2.24, 2.45) is 11.8 Å². The molecule has 0 heterocycles. The highest BCUT2D eigenvalue weighted by Gasteiger charge is 2.21. The summed E-state index contributed by atoms with van der Waals surface area (Å²) in [6.07, 6.45) is 0. The van der Waals surface area contributed by atoms with Crippen molar-refractivity contribution in [3.8, 4) is 6.07 Å². The van der Waals surface area contributed by atoms with Crippen LogP contribution in [0.3, 0.4) is 0 Å². The number of nitrogens with one attached hydrogen (secondary N) is 1. The molecule has 1 rings (SSSR count). The zero-order valence-corrected chi connectivity index (χ0v) is 9.95. The summed E-state index contributed by atoms with van der Waals surface area (Å²) in [6, 6.07) is 8.78. The first-order chi connectivity index (χ1) is 7.54. The third-order valence-corrected chi connectivity index (χ3v) is 2.45. The number of carbonyl (C=O) groups excluding carboxylic acids is 1. The molecule has 1 aromatic carbocycles. The van der Waals surface area contributed by atoms with Crippen LogP contribution < -0.4 is 5.32 Å². The van der Waals surface area contributed by atoms with Crippen molar-refractivity contribution in [3.63, 3.8) is 0 Å². The van der Waals surface area contributed by atoms with E-state index in [0.717, 1.165) is 0 Å². The van der Waals surface area contributed by atoms with E-state index in [2.05, 4.69) is 5.32 Å². The first kappa shape index (κ1) is 12.5. The number of nitriles is 1. The highest BCUT2D eigenvalue weighted by molar-refractivity contribution is 6.30. The molecule has 0 bridgehead atoms. The van der Waals surface area contributed by atoms with Crippen molar-refractivity contribution in [3.05, 3.63) is 29.3 Å². The topological polar surface area (TPSA) is 52.9 Å². The Morgan fingerprint density at radius 1 is 1.38 bits per heavy atom. The number of benzene rings is 1. The second kappa shape index (κ2) is 5.53. The number of carbonyl (C=O) groups is 1. The summed E-state index contributed by atoms with van der Waals surface area (Å²) in [5.74, 6) is -0.909. The molecule has 84 valence electrons. The maximum Gasteiger partial charge on any atom is 0.241 e. The summed E-state index contributed by atoms with van der Waals surface area (Å²) in [4.78, 5) is 11.7. The molecule has 0 spiro atoms. The van der Waals surface area contributed by atoms with Crippen molar-refractivity contribution >= 4 is 23.2 Å². The minimum Gasteiger partial charge on any atom is -0.325 e. The fourth-order valence-corrected chi connectivity index (χ4v) is 1.39. The molecular weight excluding hydrogens is 224 g/mol. The fraction of sp³-hybridized carbons (Fsp3) is 0.333. The molecule has 1 amide bonds. The van der Waals surface area contributed by atoms with Gasteiger partial charge in [-0.1, -0.05) is 25.4 Å². The van der Waals surface area contributed by atoms with Crippen molar-refractivity contribution in [1.82, 2.24) is 0 Å². The maximum absolute atomic E-state index is 11.7. The van der Waals surface area contributed by atoms with E-state index in [1.54, 1.807) is 24.3 Å². The standard InChI is InChI=1S/C12H13ClN2O/c1-8(2)11(7-14)12(16)15-10-5-3-9(13)4-6-10/h3-6,8,11H,1-2H3,(H,15,16). The van der Waals surface area contributed by atoms with Crippen LogP contribution >= 0.6 is 11.6 Å². The smallest absolute Gasteiger partial charge is 0.241 e. The maximum atomic E-state index is 11.7. The van der Waals surface area contributed by atoms with Gasteiger partial charge in [0.25, 0.3) is 0 Å². The van der Waals surface area contributed by atoms with Gasteiger partial charge in [0, 0.05) is 10.7 Å². The number of halogens is 1. The quantitative estimate of drug-likeness (QED) is 0.877. The molecule has 3 nitrogen and oxygen atoms in total. The van der Waals surface area contributed by atoms with E-state index < -0.39 is 5.92 Å². The van der Waals surface area contributed by atoms with Crippen LogP contribution in [-0.2, 0) is 4.79 Å². The number of anilines is 1. The zero-order chi connectivity index (χ0) is 12.1. The first-order valence-electron chi connectivity index (χ1n) is 5.00. The monoisotopic (exact) mass is 236 g/mol. The molecule has 1 unspecified atom stereocenters. The molecule has 4 heteroatoms. The normalized spacial score (nSPS) is 11.9. The van der Waals surface area contributed by atoms with Gasteiger partial charge in [0.2, 0.25) is 5.91 Å². The van der Waals surface area contributed by atoms with Gasteiger partial charge >= 0.3 is 0 Å².